The van der Waals surface area contributed by atoms with Crippen molar-refractivity contribution >= 4 is 21.8 Å². The molecule has 3 fully saturated rings. The molecule has 0 spiro atoms. The Morgan fingerprint density at radius 1 is 1.11 bits per heavy atom. The molecule has 2 N–H and O–H groups in total. The van der Waals surface area contributed by atoms with Crippen molar-refractivity contribution < 1.29 is 27.2 Å². The third kappa shape index (κ3) is 7.22. The van der Waals surface area contributed by atoms with Crippen molar-refractivity contribution in [2.45, 2.75) is 102 Å². The van der Waals surface area contributed by atoms with Crippen LogP contribution in [0.5, 0.6) is 0 Å². The summed E-state index contributed by atoms with van der Waals surface area (Å²) < 4.78 is 37.8. The molecule has 206 valence electrons. The number of carbonyl (C=O) groups excluding carboxylic acids is 2. The lowest BCUT2D eigenvalue weighted by Crippen LogP contribution is -2.37. The molecule has 0 aromatic carbocycles. The van der Waals surface area contributed by atoms with Gasteiger partial charge in [-0.15, -0.1) is 0 Å². The first-order chi connectivity index (χ1) is 17.7. The van der Waals surface area contributed by atoms with Crippen molar-refractivity contribution in [1.29, 1.82) is 0 Å². The van der Waals surface area contributed by atoms with Crippen LogP contribution in [0.1, 0.15) is 106 Å². The largest absolute Gasteiger partial charge is 0.448 e. The Hall–Kier alpha value is -2.20. The van der Waals surface area contributed by atoms with E-state index in [0.717, 1.165) is 48.6 Å². The number of fused-ring (bicyclic) bond motifs is 2. The third-order valence-corrected chi connectivity index (χ3v) is 9.31. The van der Waals surface area contributed by atoms with Gasteiger partial charge in [0.2, 0.25) is 21.8 Å². The van der Waals surface area contributed by atoms with E-state index in [2.05, 4.69) is 4.98 Å². The lowest BCUT2D eigenvalue weighted by molar-refractivity contribution is -0.117. The molecule has 4 atom stereocenters. The number of ether oxygens (including phenoxy) is 1. The number of primary amides is 1. The van der Waals surface area contributed by atoms with Crippen LogP contribution in [-0.2, 0) is 19.6 Å². The van der Waals surface area contributed by atoms with Crippen molar-refractivity contribution in [3.8, 4) is 0 Å². The monoisotopic (exact) mass is 535 g/mol. The van der Waals surface area contributed by atoms with Crippen LogP contribution >= 0.6 is 0 Å². The fraction of sp³-hybridized carbons (Fsp3) is 0.741. The Balaban J connectivity index is 1.37. The van der Waals surface area contributed by atoms with Gasteiger partial charge in [-0.05, 0) is 38.0 Å². The van der Waals surface area contributed by atoms with Gasteiger partial charge in [-0.1, -0.05) is 57.1 Å². The average Bonchev–Trinajstić information content (AvgIpc) is 3.60. The Morgan fingerprint density at radius 2 is 1.86 bits per heavy atom. The first-order valence-electron chi connectivity index (χ1n) is 13.8. The fourth-order valence-corrected chi connectivity index (χ4v) is 7.12. The summed E-state index contributed by atoms with van der Waals surface area (Å²) in [4.78, 5) is 28.6. The van der Waals surface area contributed by atoms with Crippen LogP contribution in [0.2, 0.25) is 0 Å². The Kier molecular flexibility index (Phi) is 9.45. The summed E-state index contributed by atoms with van der Waals surface area (Å²) in [6, 6.07) is 0. The molecular formula is C27H41N3O6S. The van der Waals surface area contributed by atoms with Crippen LogP contribution in [0.4, 0.5) is 0 Å². The SMILES string of the molecule is CS(=O)(=O)N(CCCCC1CCCCC1)C(=O)c1coc([C@H]2[C@@H](C/C=C\CCC(N)=O)[C@@H]3CC[C@H]2O3)n1. The lowest BCUT2D eigenvalue weighted by Gasteiger charge is -2.24. The van der Waals surface area contributed by atoms with Crippen molar-refractivity contribution in [3.05, 3.63) is 30.0 Å². The molecule has 0 radical (unpaired) electrons. The zero-order chi connectivity index (χ0) is 26.4. The van der Waals surface area contributed by atoms with E-state index in [4.69, 9.17) is 14.9 Å². The molecule has 2 bridgehead atoms. The molecule has 1 aromatic heterocycles. The number of aromatic nitrogens is 1. The van der Waals surface area contributed by atoms with Gasteiger partial charge < -0.3 is 14.9 Å². The molecule has 3 heterocycles. The molecule has 10 heteroatoms. The van der Waals surface area contributed by atoms with Crippen molar-refractivity contribution in [2.75, 3.05) is 12.8 Å². The number of sulfonamides is 1. The van der Waals surface area contributed by atoms with E-state index in [1.165, 1.54) is 38.4 Å². The highest BCUT2D eigenvalue weighted by molar-refractivity contribution is 7.88. The molecule has 3 aliphatic rings. The van der Waals surface area contributed by atoms with Crippen LogP contribution in [0.15, 0.2) is 22.8 Å². The van der Waals surface area contributed by atoms with E-state index in [1.807, 2.05) is 12.2 Å². The van der Waals surface area contributed by atoms with E-state index < -0.39 is 15.9 Å². The van der Waals surface area contributed by atoms with Gasteiger partial charge in [-0.25, -0.2) is 17.7 Å². The minimum atomic E-state index is -3.73. The maximum Gasteiger partial charge on any atom is 0.289 e. The fourth-order valence-electron chi connectivity index (χ4n) is 6.26. The van der Waals surface area contributed by atoms with Crippen LogP contribution in [0, 0.1) is 11.8 Å². The van der Waals surface area contributed by atoms with Gasteiger partial charge in [-0.3, -0.25) is 9.59 Å². The molecule has 1 aromatic rings. The lowest BCUT2D eigenvalue weighted by atomic mass is 9.77. The number of nitrogens with zero attached hydrogens (tertiary/aromatic N) is 2. The average molecular weight is 536 g/mol. The summed E-state index contributed by atoms with van der Waals surface area (Å²) in [6.45, 7) is 0.155. The number of nitrogens with two attached hydrogens (primary N) is 1. The summed E-state index contributed by atoms with van der Waals surface area (Å²) in [5.74, 6) is 0.248. The topological polar surface area (TPSA) is 133 Å². The smallest absolute Gasteiger partial charge is 0.289 e. The first-order valence-corrected chi connectivity index (χ1v) is 15.6. The molecule has 4 rings (SSSR count). The summed E-state index contributed by atoms with van der Waals surface area (Å²) in [5.41, 5.74) is 5.22. The highest BCUT2D eigenvalue weighted by Gasteiger charge is 2.51. The third-order valence-electron chi connectivity index (χ3n) is 8.16. The van der Waals surface area contributed by atoms with Crippen LogP contribution in [0.25, 0.3) is 0 Å². The van der Waals surface area contributed by atoms with Gasteiger partial charge in [-0.2, -0.15) is 0 Å². The summed E-state index contributed by atoms with van der Waals surface area (Å²) in [6.07, 6.45) is 19.0. The second kappa shape index (κ2) is 12.6. The second-order valence-corrected chi connectivity index (χ2v) is 12.8. The van der Waals surface area contributed by atoms with E-state index in [9.17, 15) is 18.0 Å². The highest BCUT2D eigenvalue weighted by Crippen LogP contribution is 2.50. The Bertz CT molecular complexity index is 1060. The Labute approximate surface area is 220 Å². The molecule has 2 aliphatic heterocycles. The van der Waals surface area contributed by atoms with Crippen molar-refractivity contribution in [2.24, 2.45) is 17.6 Å². The molecule has 1 saturated carbocycles. The molecule has 2 saturated heterocycles. The number of hydrogen-bond acceptors (Lipinski definition) is 7. The second-order valence-electron chi connectivity index (χ2n) is 10.9. The van der Waals surface area contributed by atoms with E-state index in [1.54, 1.807) is 0 Å². The van der Waals surface area contributed by atoms with Gasteiger partial charge in [0, 0.05) is 18.9 Å². The van der Waals surface area contributed by atoms with Gasteiger partial charge in [0.15, 0.2) is 5.69 Å². The first kappa shape index (κ1) is 27.8. The number of amides is 2. The molecule has 0 unspecified atom stereocenters. The van der Waals surface area contributed by atoms with Crippen LogP contribution in [-0.4, -0.2) is 54.5 Å². The van der Waals surface area contributed by atoms with E-state index in [-0.39, 0.29) is 42.2 Å². The van der Waals surface area contributed by atoms with E-state index in [0.29, 0.717) is 25.2 Å². The summed E-state index contributed by atoms with van der Waals surface area (Å²) in [7, 11) is -3.73. The van der Waals surface area contributed by atoms with Crippen LogP contribution < -0.4 is 5.73 Å². The molecule has 9 nitrogen and oxygen atoms in total. The van der Waals surface area contributed by atoms with Crippen molar-refractivity contribution in [1.82, 2.24) is 9.29 Å². The standard InChI is InChI=1S/C27H41N3O6S/c1-37(33,34)30(17-9-8-12-19-10-4-2-5-11-19)27(32)21-18-35-26(29-21)25-20(22-15-16-23(25)36-22)13-6-3-7-14-24(28)31/h3,6,18-20,22-23,25H,2,4-5,7-17H2,1H3,(H2,28,31)/b6-3-/t20-,22-,23+,25-/m0/s1. The number of rotatable bonds is 13. The minimum absolute atomic E-state index is 0.0197. The predicted octanol–water partition coefficient (Wildman–Crippen LogP) is 4.30. The normalized spacial score (nSPS) is 26.2. The highest BCUT2D eigenvalue weighted by atomic mass is 32.2. The molecule has 1 aliphatic carbocycles. The number of oxazole rings is 1. The van der Waals surface area contributed by atoms with E-state index >= 15 is 0 Å². The zero-order valence-electron chi connectivity index (χ0n) is 21.8. The van der Waals surface area contributed by atoms with Gasteiger partial charge >= 0.3 is 0 Å². The molecule has 2 amide bonds. The maximum atomic E-state index is 13.2. The minimum Gasteiger partial charge on any atom is -0.448 e. The van der Waals surface area contributed by atoms with Gasteiger partial charge in [0.05, 0.1) is 24.4 Å². The molecular weight excluding hydrogens is 494 g/mol. The zero-order valence-corrected chi connectivity index (χ0v) is 22.7. The Morgan fingerprint density at radius 3 is 2.59 bits per heavy atom. The molecule has 37 heavy (non-hydrogen) atoms. The quantitative estimate of drug-likeness (QED) is 0.294. The number of unbranched alkanes of at least 4 members (excludes halogenated alkanes) is 1. The number of hydrogen-bond donors (Lipinski definition) is 1. The number of allylic oxidation sites excluding steroid dienone is 2. The summed E-state index contributed by atoms with van der Waals surface area (Å²) in [5, 5.41) is 0. The number of carbonyl (C=O) groups is 2. The summed E-state index contributed by atoms with van der Waals surface area (Å²) >= 11 is 0. The predicted molar refractivity (Wildman–Crippen MR) is 139 cm³/mol. The van der Waals surface area contributed by atoms with Crippen LogP contribution in [0.3, 0.4) is 0 Å². The van der Waals surface area contributed by atoms with Gasteiger partial charge in [0.1, 0.15) is 6.26 Å². The van der Waals surface area contributed by atoms with Crippen molar-refractivity contribution in [3.63, 3.8) is 0 Å². The van der Waals surface area contributed by atoms with Gasteiger partial charge in [0.25, 0.3) is 5.91 Å². The maximum absolute atomic E-state index is 13.2.